The number of aliphatic carboxylic acids is 1. The Hall–Kier alpha value is -2.11. The van der Waals surface area contributed by atoms with Crippen LogP contribution in [-0.2, 0) is 4.79 Å². The number of hydrogen-bond acceptors (Lipinski definition) is 3. The summed E-state index contributed by atoms with van der Waals surface area (Å²) >= 11 is 0. The Balaban J connectivity index is 3.42. The first-order valence-electron chi connectivity index (χ1n) is 5.82. The highest BCUT2D eigenvalue weighted by molar-refractivity contribution is 5.99. The fraction of sp³-hybridized carbons (Fsp3) is 0.385. The molecule has 0 heterocycles. The predicted octanol–water partition coefficient (Wildman–Crippen LogP) is 1.61. The summed E-state index contributed by atoms with van der Waals surface area (Å²) in [6.07, 6.45) is 0. The Kier molecular flexibility index (Phi) is 4.14. The Labute approximate surface area is 110 Å². The minimum Gasteiger partial charge on any atom is -0.480 e. The molecule has 1 aromatic carbocycles. The van der Waals surface area contributed by atoms with Gasteiger partial charge >= 0.3 is 5.97 Å². The van der Waals surface area contributed by atoms with Gasteiger partial charge in [0.05, 0.1) is 11.3 Å². The molecule has 0 atom stereocenters. The number of nitrogens with zero attached hydrogens (tertiary/aromatic N) is 1. The number of amides is 1. The summed E-state index contributed by atoms with van der Waals surface area (Å²) in [5.74, 6) is -2.44. The van der Waals surface area contributed by atoms with Crippen molar-refractivity contribution in [2.24, 2.45) is 5.73 Å². The van der Waals surface area contributed by atoms with E-state index in [-0.39, 0.29) is 5.56 Å². The molecule has 104 valence electrons. The molecule has 0 aliphatic carbocycles. The second-order valence-electron chi connectivity index (χ2n) is 4.63. The van der Waals surface area contributed by atoms with Gasteiger partial charge in [0.15, 0.2) is 0 Å². The van der Waals surface area contributed by atoms with Crippen molar-refractivity contribution < 1.29 is 19.1 Å². The van der Waals surface area contributed by atoms with E-state index in [1.54, 1.807) is 6.92 Å². The van der Waals surface area contributed by atoms with Gasteiger partial charge in [0, 0.05) is 6.54 Å². The van der Waals surface area contributed by atoms with Crippen LogP contribution in [0.25, 0.3) is 0 Å². The molecule has 0 aromatic heterocycles. The molecule has 0 radical (unpaired) electrons. The number of halogens is 1. The smallest absolute Gasteiger partial charge is 0.328 e. The van der Waals surface area contributed by atoms with Crippen molar-refractivity contribution in [1.29, 1.82) is 0 Å². The standard InChI is InChI=1S/C13H17FN2O3/c1-4-16(13(2,3)12(18)19)10-6-5-8(14)7-9(10)11(15)17/h5-7H,4H2,1-3H3,(H2,15,17)(H,18,19). The van der Waals surface area contributed by atoms with Gasteiger partial charge in [0.25, 0.3) is 5.91 Å². The number of anilines is 1. The van der Waals surface area contributed by atoms with Crippen molar-refractivity contribution in [3.8, 4) is 0 Å². The molecule has 1 rings (SSSR count). The van der Waals surface area contributed by atoms with E-state index >= 15 is 0 Å². The second kappa shape index (κ2) is 5.26. The average Bonchev–Trinajstić information content (AvgIpc) is 2.31. The van der Waals surface area contributed by atoms with Gasteiger partial charge in [-0.05, 0) is 39.0 Å². The Morgan fingerprint density at radius 2 is 2.00 bits per heavy atom. The van der Waals surface area contributed by atoms with Gasteiger partial charge in [-0.15, -0.1) is 0 Å². The van der Waals surface area contributed by atoms with Gasteiger partial charge in [-0.2, -0.15) is 0 Å². The van der Waals surface area contributed by atoms with Crippen molar-refractivity contribution >= 4 is 17.6 Å². The van der Waals surface area contributed by atoms with Crippen LogP contribution in [0.3, 0.4) is 0 Å². The number of carboxylic acid groups (broad SMARTS) is 1. The topological polar surface area (TPSA) is 83.6 Å². The van der Waals surface area contributed by atoms with Crippen molar-refractivity contribution in [2.75, 3.05) is 11.4 Å². The minimum atomic E-state index is -1.24. The highest BCUT2D eigenvalue weighted by Crippen LogP contribution is 2.28. The van der Waals surface area contributed by atoms with Gasteiger partial charge in [0.1, 0.15) is 11.4 Å². The maximum absolute atomic E-state index is 13.2. The van der Waals surface area contributed by atoms with E-state index in [4.69, 9.17) is 5.73 Å². The summed E-state index contributed by atoms with van der Waals surface area (Å²) in [6, 6.07) is 3.55. The van der Waals surface area contributed by atoms with Gasteiger partial charge in [-0.1, -0.05) is 0 Å². The van der Waals surface area contributed by atoms with Crippen LogP contribution in [0.5, 0.6) is 0 Å². The van der Waals surface area contributed by atoms with Gasteiger partial charge in [0.2, 0.25) is 0 Å². The van der Waals surface area contributed by atoms with Gasteiger partial charge in [-0.3, -0.25) is 4.79 Å². The minimum absolute atomic E-state index is 0.0313. The molecule has 0 aliphatic heterocycles. The predicted molar refractivity (Wildman–Crippen MR) is 69.7 cm³/mol. The van der Waals surface area contributed by atoms with E-state index < -0.39 is 23.2 Å². The number of rotatable bonds is 5. The quantitative estimate of drug-likeness (QED) is 0.849. The first kappa shape index (κ1) is 14.9. The summed E-state index contributed by atoms with van der Waals surface area (Å²) in [7, 11) is 0. The molecule has 5 nitrogen and oxygen atoms in total. The van der Waals surface area contributed by atoms with E-state index in [9.17, 15) is 19.1 Å². The average molecular weight is 268 g/mol. The number of likely N-dealkylation sites (N-methyl/N-ethyl adjacent to an activating group) is 1. The Bertz CT molecular complexity index is 515. The SMILES string of the molecule is CCN(c1ccc(F)cc1C(N)=O)C(C)(C)C(=O)O. The molecular formula is C13H17FN2O3. The van der Waals surface area contributed by atoms with E-state index in [1.807, 2.05) is 0 Å². The number of carboxylic acids is 1. The van der Waals surface area contributed by atoms with Crippen molar-refractivity contribution in [2.45, 2.75) is 26.3 Å². The van der Waals surface area contributed by atoms with Crippen LogP contribution < -0.4 is 10.6 Å². The normalized spacial score (nSPS) is 11.2. The molecule has 1 amide bonds. The molecule has 1 aromatic rings. The molecule has 0 aliphatic rings. The Morgan fingerprint density at radius 1 is 1.42 bits per heavy atom. The van der Waals surface area contributed by atoms with E-state index in [1.165, 1.54) is 30.9 Å². The molecule has 0 saturated heterocycles. The van der Waals surface area contributed by atoms with Crippen molar-refractivity contribution in [3.05, 3.63) is 29.6 Å². The van der Waals surface area contributed by atoms with Crippen LogP contribution in [0.1, 0.15) is 31.1 Å². The summed E-state index contributed by atoms with van der Waals surface area (Å²) < 4.78 is 13.2. The number of nitrogens with two attached hydrogens (primary N) is 1. The maximum atomic E-state index is 13.2. The number of primary amides is 1. The first-order chi connectivity index (χ1) is 8.71. The van der Waals surface area contributed by atoms with Crippen LogP contribution in [0.2, 0.25) is 0 Å². The third-order valence-corrected chi connectivity index (χ3v) is 3.03. The molecule has 0 bridgehead atoms. The highest BCUT2D eigenvalue weighted by Gasteiger charge is 2.35. The molecule has 0 unspecified atom stereocenters. The highest BCUT2D eigenvalue weighted by atomic mass is 19.1. The van der Waals surface area contributed by atoms with Crippen LogP contribution in [0, 0.1) is 5.82 Å². The second-order valence-corrected chi connectivity index (χ2v) is 4.63. The monoisotopic (exact) mass is 268 g/mol. The van der Waals surface area contributed by atoms with Gasteiger partial charge in [-0.25, -0.2) is 9.18 Å². The lowest BCUT2D eigenvalue weighted by Crippen LogP contribution is -2.51. The van der Waals surface area contributed by atoms with E-state index in [0.717, 1.165) is 6.07 Å². The van der Waals surface area contributed by atoms with Crippen molar-refractivity contribution in [3.63, 3.8) is 0 Å². The fourth-order valence-electron chi connectivity index (χ4n) is 1.92. The number of carbonyl (C=O) groups is 2. The molecule has 3 N–H and O–H groups in total. The summed E-state index contributed by atoms with van der Waals surface area (Å²) in [4.78, 5) is 24.2. The lowest BCUT2D eigenvalue weighted by Gasteiger charge is -2.37. The largest absolute Gasteiger partial charge is 0.480 e. The van der Waals surface area contributed by atoms with Crippen LogP contribution in [-0.4, -0.2) is 29.1 Å². The zero-order valence-corrected chi connectivity index (χ0v) is 11.1. The van der Waals surface area contributed by atoms with Crippen LogP contribution in [0.4, 0.5) is 10.1 Å². The van der Waals surface area contributed by atoms with Crippen molar-refractivity contribution in [1.82, 2.24) is 0 Å². The molecule has 0 saturated carbocycles. The zero-order valence-electron chi connectivity index (χ0n) is 11.1. The summed E-state index contributed by atoms with van der Waals surface area (Å²) in [6.45, 7) is 5.10. The van der Waals surface area contributed by atoms with Gasteiger partial charge < -0.3 is 15.7 Å². The molecule has 19 heavy (non-hydrogen) atoms. The summed E-state index contributed by atoms with van der Waals surface area (Å²) in [5.41, 5.74) is 4.25. The number of hydrogen-bond donors (Lipinski definition) is 2. The molecule has 6 heteroatoms. The van der Waals surface area contributed by atoms with Crippen LogP contribution in [0.15, 0.2) is 18.2 Å². The van der Waals surface area contributed by atoms with E-state index in [0.29, 0.717) is 12.2 Å². The molecule has 0 spiro atoms. The number of carbonyl (C=O) groups excluding carboxylic acids is 1. The van der Waals surface area contributed by atoms with Crippen LogP contribution >= 0.6 is 0 Å². The lowest BCUT2D eigenvalue weighted by atomic mass is 10.00. The lowest BCUT2D eigenvalue weighted by molar-refractivity contribution is -0.142. The Morgan fingerprint density at radius 3 is 2.42 bits per heavy atom. The van der Waals surface area contributed by atoms with E-state index in [2.05, 4.69) is 0 Å². The third-order valence-electron chi connectivity index (χ3n) is 3.03. The summed E-state index contributed by atoms with van der Waals surface area (Å²) in [5, 5.41) is 9.26. The zero-order chi connectivity index (χ0) is 14.8. The molecular weight excluding hydrogens is 251 g/mol. The third kappa shape index (κ3) is 2.83. The number of benzene rings is 1. The molecule has 0 fully saturated rings. The maximum Gasteiger partial charge on any atom is 0.328 e. The first-order valence-corrected chi connectivity index (χ1v) is 5.82. The fourth-order valence-corrected chi connectivity index (χ4v) is 1.92.